The first-order valence-corrected chi connectivity index (χ1v) is 8.04. The van der Waals surface area contributed by atoms with E-state index in [-0.39, 0.29) is 5.56 Å². The minimum absolute atomic E-state index is 0.0174. The Morgan fingerprint density at radius 3 is 2.74 bits per heavy atom. The van der Waals surface area contributed by atoms with E-state index in [0.717, 1.165) is 17.6 Å². The zero-order chi connectivity index (χ0) is 16.0. The molecule has 2 aromatic carbocycles. The maximum atomic E-state index is 12.6. The standard InChI is InChI=1S/C18H12Cl2N2O/c19-13-3-1-2-11(9-13)8-12-6-7-22-17(12)21-16-10-14(20)4-5-15(16)18(22)23/h1-5,8-10H,6-7H2/b12-8-. The van der Waals surface area contributed by atoms with Gasteiger partial charge in [0.15, 0.2) is 0 Å². The lowest BCUT2D eigenvalue weighted by atomic mass is 10.1. The highest BCUT2D eigenvalue weighted by Gasteiger charge is 2.20. The van der Waals surface area contributed by atoms with E-state index >= 15 is 0 Å². The molecular weight excluding hydrogens is 331 g/mol. The lowest BCUT2D eigenvalue weighted by Crippen LogP contribution is -2.20. The molecule has 4 rings (SSSR count). The number of hydrogen-bond donors (Lipinski definition) is 0. The van der Waals surface area contributed by atoms with Gasteiger partial charge in [-0.05, 0) is 54.0 Å². The third kappa shape index (κ3) is 2.56. The molecule has 0 radical (unpaired) electrons. The van der Waals surface area contributed by atoms with Crippen LogP contribution in [0.5, 0.6) is 0 Å². The second-order valence-corrected chi connectivity index (χ2v) is 6.40. The summed E-state index contributed by atoms with van der Waals surface area (Å²) >= 11 is 12.1. The van der Waals surface area contributed by atoms with Gasteiger partial charge in [-0.3, -0.25) is 9.36 Å². The summed E-state index contributed by atoms with van der Waals surface area (Å²) in [6.07, 6.45) is 2.81. The molecule has 0 saturated heterocycles. The molecule has 5 heteroatoms. The van der Waals surface area contributed by atoms with Crippen LogP contribution in [0, 0.1) is 0 Å². The Labute approximate surface area is 142 Å². The Balaban J connectivity index is 1.91. The summed E-state index contributed by atoms with van der Waals surface area (Å²) in [6.45, 7) is 0.645. The fourth-order valence-corrected chi connectivity index (χ4v) is 3.29. The lowest BCUT2D eigenvalue weighted by molar-refractivity contribution is 0.725. The average molecular weight is 343 g/mol. The van der Waals surface area contributed by atoms with E-state index in [1.807, 2.05) is 30.3 Å². The molecule has 0 unspecified atom stereocenters. The van der Waals surface area contributed by atoms with Crippen LogP contribution in [0.15, 0.2) is 47.3 Å². The summed E-state index contributed by atoms with van der Waals surface area (Å²) in [7, 11) is 0. The van der Waals surface area contributed by atoms with Crippen molar-refractivity contribution < 1.29 is 0 Å². The van der Waals surface area contributed by atoms with Gasteiger partial charge in [0, 0.05) is 16.6 Å². The highest BCUT2D eigenvalue weighted by atomic mass is 35.5. The number of allylic oxidation sites excluding steroid dienone is 1. The Morgan fingerprint density at radius 2 is 1.91 bits per heavy atom. The summed E-state index contributed by atoms with van der Waals surface area (Å²) in [5.41, 5.74) is 2.65. The van der Waals surface area contributed by atoms with Gasteiger partial charge in [0.1, 0.15) is 5.82 Å². The Bertz CT molecular complexity index is 1020. The van der Waals surface area contributed by atoms with Crippen molar-refractivity contribution in [3.63, 3.8) is 0 Å². The molecule has 0 spiro atoms. The molecule has 3 nitrogen and oxygen atoms in total. The molecule has 0 N–H and O–H groups in total. The first-order valence-electron chi connectivity index (χ1n) is 7.28. The van der Waals surface area contributed by atoms with Gasteiger partial charge in [0.05, 0.1) is 10.9 Å². The molecule has 114 valence electrons. The lowest BCUT2D eigenvalue weighted by Gasteiger charge is -2.06. The molecule has 0 amide bonds. The monoisotopic (exact) mass is 342 g/mol. The minimum atomic E-state index is -0.0174. The highest BCUT2D eigenvalue weighted by Crippen LogP contribution is 2.28. The zero-order valence-electron chi connectivity index (χ0n) is 12.1. The van der Waals surface area contributed by atoms with Crippen molar-refractivity contribution in [3.05, 3.63) is 74.3 Å². The van der Waals surface area contributed by atoms with E-state index < -0.39 is 0 Å². The molecule has 1 aliphatic heterocycles. The molecule has 0 aliphatic carbocycles. The van der Waals surface area contributed by atoms with E-state index in [1.165, 1.54) is 0 Å². The van der Waals surface area contributed by atoms with E-state index in [0.29, 0.717) is 33.3 Å². The predicted molar refractivity (Wildman–Crippen MR) is 95.0 cm³/mol. The van der Waals surface area contributed by atoms with E-state index in [1.54, 1.807) is 22.8 Å². The third-order valence-corrected chi connectivity index (χ3v) is 4.47. The van der Waals surface area contributed by atoms with Crippen LogP contribution in [0.2, 0.25) is 10.0 Å². The summed E-state index contributed by atoms with van der Waals surface area (Å²) in [4.78, 5) is 17.3. The summed E-state index contributed by atoms with van der Waals surface area (Å²) in [5.74, 6) is 0.713. The van der Waals surface area contributed by atoms with Gasteiger partial charge in [-0.1, -0.05) is 35.3 Å². The van der Waals surface area contributed by atoms with Crippen molar-refractivity contribution in [2.75, 3.05) is 0 Å². The Hall–Kier alpha value is -2.10. The number of nitrogens with zero attached hydrogens (tertiary/aromatic N) is 2. The summed E-state index contributed by atoms with van der Waals surface area (Å²) in [5, 5.41) is 1.86. The number of fused-ring (bicyclic) bond motifs is 2. The predicted octanol–water partition coefficient (Wildman–Crippen LogP) is 4.65. The van der Waals surface area contributed by atoms with Crippen LogP contribution in [-0.2, 0) is 6.54 Å². The number of benzene rings is 2. The van der Waals surface area contributed by atoms with Gasteiger partial charge < -0.3 is 0 Å². The smallest absolute Gasteiger partial charge is 0.261 e. The Kier molecular flexibility index (Phi) is 3.47. The van der Waals surface area contributed by atoms with E-state index in [4.69, 9.17) is 23.2 Å². The normalized spacial score (nSPS) is 15.3. The topological polar surface area (TPSA) is 34.9 Å². The summed E-state index contributed by atoms with van der Waals surface area (Å²) < 4.78 is 1.73. The van der Waals surface area contributed by atoms with Crippen LogP contribution in [0.3, 0.4) is 0 Å². The molecule has 0 atom stereocenters. The molecule has 0 bridgehead atoms. The van der Waals surface area contributed by atoms with Crippen LogP contribution in [-0.4, -0.2) is 9.55 Å². The third-order valence-electron chi connectivity index (χ3n) is 4.00. The van der Waals surface area contributed by atoms with Crippen molar-refractivity contribution in [2.24, 2.45) is 0 Å². The quantitative estimate of drug-likeness (QED) is 0.645. The molecular formula is C18H12Cl2N2O. The number of hydrogen-bond acceptors (Lipinski definition) is 2. The van der Waals surface area contributed by atoms with Gasteiger partial charge >= 0.3 is 0 Å². The van der Waals surface area contributed by atoms with Crippen LogP contribution in [0.25, 0.3) is 22.6 Å². The number of rotatable bonds is 1. The first kappa shape index (κ1) is 14.5. The largest absolute Gasteiger partial charge is 0.292 e. The van der Waals surface area contributed by atoms with Gasteiger partial charge in [-0.25, -0.2) is 4.98 Å². The fraction of sp³-hybridized carbons (Fsp3) is 0.111. The molecule has 2 heterocycles. The van der Waals surface area contributed by atoms with Crippen molar-refractivity contribution in [3.8, 4) is 0 Å². The molecule has 23 heavy (non-hydrogen) atoms. The molecule has 0 fully saturated rings. The zero-order valence-corrected chi connectivity index (χ0v) is 13.6. The average Bonchev–Trinajstić information content (AvgIpc) is 2.90. The fourth-order valence-electron chi connectivity index (χ4n) is 2.93. The van der Waals surface area contributed by atoms with Gasteiger partial charge in [0.2, 0.25) is 0 Å². The number of aromatic nitrogens is 2. The molecule has 3 aromatic rings. The van der Waals surface area contributed by atoms with Crippen LogP contribution >= 0.6 is 23.2 Å². The van der Waals surface area contributed by atoms with Gasteiger partial charge in [-0.15, -0.1) is 0 Å². The maximum absolute atomic E-state index is 12.6. The molecule has 1 aromatic heterocycles. The van der Waals surface area contributed by atoms with Gasteiger partial charge in [-0.2, -0.15) is 0 Å². The SMILES string of the molecule is O=c1c2ccc(Cl)cc2nc2n1CC/C2=C/c1cccc(Cl)c1. The summed E-state index contributed by atoms with van der Waals surface area (Å²) in [6, 6.07) is 12.8. The van der Waals surface area contributed by atoms with E-state index in [2.05, 4.69) is 4.98 Å². The maximum Gasteiger partial charge on any atom is 0.261 e. The molecule has 0 saturated carbocycles. The highest BCUT2D eigenvalue weighted by molar-refractivity contribution is 6.31. The first-order chi connectivity index (χ1) is 11.1. The minimum Gasteiger partial charge on any atom is -0.292 e. The number of halogens is 2. The second-order valence-electron chi connectivity index (χ2n) is 5.53. The van der Waals surface area contributed by atoms with Crippen LogP contribution in [0.4, 0.5) is 0 Å². The van der Waals surface area contributed by atoms with Crippen molar-refractivity contribution in [2.45, 2.75) is 13.0 Å². The van der Waals surface area contributed by atoms with Crippen LogP contribution < -0.4 is 5.56 Å². The molecule has 1 aliphatic rings. The second kappa shape index (κ2) is 5.52. The van der Waals surface area contributed by atoms with Crippen LogP contribution in [0.1, 0.15) is 17.8 Å². The van der Waals surface area contributed by atoms with E-state index in [9.17, 15) is 4.79 Å². The van der Waals surface area contributed by atoms with Crippen molar-refractivity contribution in [1.29, 1.82) is 0 Å². The Morgan fingerprint density at radius 1 is 1.09 bits per heavy atom. The van der Waals surface area contributed by atoms with Gasteiger partial charge in [0.25, 0.3) is 5.56 Å². The van der Waals surface area contributed by atoms with Crippen molar-refractivity contribution in [1.82, 2.24) is 9.55 Å². The van der Waals surface area contributed by atoms with Crippen molar-refractivity contribution >= 4 is 45.8 Å².